The zero-order valence-corrected chi connectivity index (χ0v) is 20.4. The molecular formula is C28H42O4. The van der Waals surface area contributed by atoms with Crippen molar-refractivity contribution in [3.8, 4) is 0 Å². The van der Waals surface area contributed by atoms with E-state index in [1.54, 1.807) is 6.08 Å². The maximum absolute atomic E-state index is 12.0. The van der Waals surface area contributed by atoms with E-state index in [0.29, 0.717) is 30.1 Å². The molecule has 3 saturated carbocycles. The number of aliphatic hydroxyl groups is 3. The van der Waals surface area contributed by atoms with Crippen molar-refractivity contribution in [3.63, 3.8) is 0 Å². The Morgan fingerprint density at radius 2 is 1.97 bits per heavy atom. The van der Waals surface area contributed by atoms with E-state index in [2.05, 4.69) is 39.8 Å². The van der Waals surface area contributed by atoms with Crippen LogP contribution in [0.15, 0.2) is 36.0 Å². The highest BCUT2D eigenvalue weighted by Gasteiger charge is 2.65. The van der Waals surface area contributed by atoms with Gasteiger partial charge in [0.15, 0.2) is 5.78 Å². The van der Waals surface area contributed by atoms with Crippen LogP contribution in [0, 0.1) is 46.3 Å². The summed E-state index contributed by atoms with van der Waals surface area (Å²) in [7, 11) is 0. The lowest BCUT2D eigenvalue weighted by molar-refractivity contribution is -0.126. The second kappa shape index (κ2) is 8.21. The van der Waals surface area contributed by atoms with Crippen LogP contribution in [0.1, 0.15) is 66.7 Å². The van der Waals surface area contributed by atoms with Gasteiger partial charge in [-0.2, -0.15) is 0 Å². The average molecular weight is 443 g/mol. The lowest BCUT2D eigenvalue weighted by atomic mass is 9.47. The molecule has 4 heteroatoms. The maximum atomic E-state index is 12.0. The Balaban J connectivity index is 1.66. The summed E-state index contributed by atoms with van der Waals surface area (Å²) in [5.74, 6) is 1.49. The summed E-state index contributed by atoms with van der Waals surface area (Å²) < 4.78 is 0. The van der Waals surface area contributed by atoms with Gasteiger partial charge in [-0.25, -0.2) is 0 Å². The van der Waals surface area contributed by atoms with Gasteiger partial charge in [-0.05, 0) is 80.8 Å². The third-order valence-corrected chi connectivity index (χ3v) is 10.0. The van der Waals surface area contributed by atoms with Crippen molar-refractivity contribution in [1.29, 1.82) is 0 Å². The summed E-state index contributed by atoms with van der Waals surface area (Å²) >= 11 is 0. The van der Waals surface area contributed by atoms with E-state index in [4.69, 9.17) is 0 Å². The van der Waals surface area contributed by atoms with E-state index in [1.807, 2.05) is 19.1 Å². The van der Waals surface area contributed by atoms with Gasteiger partial charge in [0.1, 0.15) is 0 Å². The van der Waals surface area contributed by atoms with Crippen LogP contribution < -0.4 is 0 Å². The first-order valence-electron chi connectivity index (χ1n) is 12.6. The Hall–Kier alpha value is -1.23. The predicted molar refractivity (Wildman–Crippen MR) is 127 cm³/mol. The van der Waals surface area contributed by atoms with Crippen LogP contribution in [0.25, 0.3) is 0 Å². The second-order valence-electron chi connectivity index (χ2n) is 12.0. The Bertz CT molecular complexity index is 836. The molecule has 0 aliphatic heterocycles. The molecular weight excluding hydrogens is 400 g/mol. The van der Waals surface area contributed by atoms with Crippen LogP contribution in [-0.4, -0.2) is 39.4 Å². The van der Waals surface area contributed by atoms with Crippen molar-refractivity contribution in [3.05, 3.63) is 36.0 Å². The van der Waals surface area contributed by atoms with Gasteiger partial charge in [0.2, 0.25) is 0 Å². The minimum atomic E-state index is -1.17. The minimum absolute atomic E-state index is 0.0000728. The van der Waals surface area contributed by atoms with Crippen molar-refractivity contribution in [1.82, 2.24) is 0 Å². The molecule has 0 aromatic carbocycles. The van der Waals surface area contributed by atoms with Gasteiger partial charge in [-0.1, -0.05) is 51.5 Å². The van der Waals surface area contributed by atoms with Gasteiger partial charge < -0.3 is 15.3 Å². The van der Waals surface area contributed by atoms with Crippen LogP contribution in [0.5, 0.6) is 0 Å². The van der Waals surface area contributed by atoms with Gasteiger partial charge >= 0.3 is 0 Å². The minimum Gasteiger partial charge on any atom is -0.396 e. The van der Waals surface area contributed by atoms with Crippen LogP contribution in [0.4, 0.5) is 0 Å². The molecule has 0 bridgehead atoms. The van der Waals surface area contributed by atoms with Gasteiger partial charge in [0.05, 0.1) is 11.7 Å². The van der Waals surface area contributed by atoms with E-state index >= 15 is 0 Å². The number of carbonyl (C=O) groups excluding carboxylic acids is 1. The molecule has 0 radical (unpaired) electrons. The first kappa shape index (κ1) is 23.9. The molecule has 0 saturated heterocycles. The van der Waals surface area contributed by atoms with Crippen molar-refractivity contribution >= 4 is 5.78 Å². The molecule has 0 spiro atoms. The Morgan fingerprint density at radius 1 is 1.25 bits per heavy atom. The lowest BCUT2D eigenvalue weighted by Gasteiger charge is -2.58. The third kappa shape index (κ3) is 3.58. The SMILES string of the molecule is CC(C)C(C)/C=C/C(C)(O)C1[C@@H](O)CC2C3CCC4=CC(=O)C=C[C@]4(C)C3CC[C@@]21CO. The molecule has 4 nitrogen and oxygen atoms in total. The molecule has 0 amide bonds. The Morgan fingerprint density at radius 3 is 2.62 bits per heavy atom. The lowest BCUT2D eigenvalue weighted by Crippen LogP contribution is -2.55. The first-order chi connectivity index (χ1) is 15.0. The predicted octanol–water partition coefficient (Wildman–Crippen LogP) is 4.45. The van der Waals surface area contributed by atoms with Crippen molar-refractivity contribution in [2.45, 2.75) is 78.4 Å². The quantitative estimate of drug-likeness (QED) is 0.550. The highest BCUT2D eigenvalue weighted by atomic mass is 16.3. The van der Waals surface area contributed by atoms with Crippen LogP contribution >= 0.6 is 0 Å². The Labute approximate surface area is 193 Å². The molecule has 6 unspecified atom stereocenters. The van der Waals surface area contributed by atoms with Gasteiger partial charge in [0.25, 0.3) is 0 Å². The summed E-state index contributed by atoms with van der Waals surface area (Å²) in [4.78, 5) is 12.0. The molecule has 9 atom stereocenters. The smallest absolute Gasteiger partial charge is 0.178 e. The molecule has 4 aliphatic rings. The van der Waals surface area contributed by atoms with Gasteiger partial charge in [-0.15, -0.1) is 0 Å². The van der Waals surface area contributed by atoms with Crippen LogP contribution in [0.2, 0.25) is 0 Å². The molecule has 3 N–H and O–H groups in total. The van der Waals surface area contributed by atoms with Gasteiger partial charge in [-0.3, -0.25) is 4.79 Å². The number of aliphatic hydroxyl groups excluding tert-OH is 2. The van der Waals surface area contributed by atoms with E-state index in [-0.39, 0.29) is 29.6 Å². The fourth-order valence-corrected chi connectivity index (χ4v) is 7.95. The molecule has 4 aliphatic carbocycles. The molecule has 0 heterocycles. The number of ketones is 1. The van der Waals surface area contributed by atoms with Crippen molar-refractivity contribution < 1.29 is 20.1 Å². The summed E-state index contributed by atoms with van der Waals surface area (Å²) in [6.07, 6.45) is 13.3. The maximum Gasteiger partial charge on any atom is 0.178 e. The molecule has 32 heavy (non-hydrogen) atoms. The van der Waals surface area contributed by atoms with E-state index in [0.717, 1.165) is 25.7 Å². The topological polar surface area (TPSA) is 77.8 Å². The fraction of sp³-hybridized carbons (Fsp3) is 0.750. The molecule has 3 fully saturated rings. The summed E-state index contributed by atoms with van der Waals surface area (Å²) in [6.45, 7) is 10.6. The highest BCUT2D eigenvalue weighted by molar-refractivity contribution is 6.01. The van der Waals surface area contributed by atoms with E-state index in [1.165, 1.54) is 5.57 Å². The van der Waals surface area contributed by atoms with Crippen molar-refractivity contribution in [2.24, 2.45) is 46.3 Å². The fourth-order valence-electron chi connectivity index (χ4n) is 7.95. The largest absolute Gasteiger partial charge is 0.396 e. The normalized spacial score (nSPS) is 44.1. The zero-order chi connectivity index (χ0) is 23.5. The molecule has 0 aromatic heterocycles. The zero-order valence-electron chi connectivity index (χ0n) is 20.4. The number of rotatable bonds is 5. The van der Waals surface area contributed by atoms with Gasteiger partial charge in [0, 0.05) is 23.4 Å². The standard InChI is InChI=1S/C28H42O4/c1-17(2)18(3)8-12-27(5,32)25-24(31)15-23-21-7-6-19-14-20(30)9-11-26(19,4)22(21)10-13-28(23,25)16-29/h8-9,11-12,14,17-18,21-25,29,31-32H,6-7,10,13,15-16H2,1-5H3/b12-8+/t18?,21?,22?,23?,24-,25?,26-,27?,28+/m0/s1. The monoisotopic (exact) mass is 442 g/mol. The number of hydrogen-bond acceptors (Lipinski definition) is 4. The van der Waals surface area contributed by atoms with Crippen LogP contribution in [-0.2, 0) is 4.79 Å². The highest BCUT2D eigenvalue weighted by Crippen LogP contribution is 2.67. The summed E-state index contributed by atoms with van der Waals surface area (Å²) in [5.41, 5.74) is -0.513. The van der Waals surface area contributed by atoms with Crippen LogP contribution in [0.3, 0.4) is 0 Å². The van der Waals surface area contributed by atoms with Crippen molar-refractivity contribution in [2.75, 3.05) is 6.61 Å². The summed E-state index contributed by atoms with van der Waals surface area (Å²) in [6, 6.07) is 0. The van der Waals surface area contributed by atoms with E-state index < -0.39 is 17.1 Å². The van der Waals surface area contributed by atoms with E-state index in [9.17, 15) is 20.1 Å². The second-order valence-corrected chi connectivity index (χ2v) is 12.0. The number of hydrogen-bond donors (Lipinski definition) is 3. The molecule has 0 aromatic rings. The summed E-state index contributed by atoms with van der Waals surface area (Å²) in [5, 5.41) is 33.6. The molecule has 178 valence electrons. The number of carbonyl (C=O) groups is 1. The number of fused-ring (bicyclic) bond motifs is 5. The average Bonchev–Trinajstić information content (AvgIpc) is 3.05. The third-order valence-electron chi connectivity index (χ3n) is 10.0. The number of allylic oxidation sites excluding steroid dienone is 5. The first-order valence-corrected chi connectivity index (χ1v) is 12.6. The Kier molecular flexibility index (Phi) is 6.14. The molecule has 4 rings (SSSR count).